The van der Waals surface area contributed by atoms with Gasteiger partial charge in [-0.3, -0.25) is 10.0 Å². The van der Waals surface area contributed by atoms with Gasteiger partial charge in [0.1, 0.15) is 0 Å². The molecule has 66 valence electrons. The molecule has 0 bridgehead atoms. The molecule has 0 aromatic carbocycles. The first-order valence-corrected chi connectivity index (χ1v) is 3.18. The van der Waals surface area contributed by atoms with Crippen LogP contribution in [0.25, 0.3) is 0 Å². The van der Waals surface area contributed by atoms with Gasteiger partial charge in [0.2, 0.25) is 5.88 Å². The largest absolute Gasteiger partial charge is 0.464 e. The van der Waals surface area contributed by atoms with Gasteiger partial charge in [0.05, 0.1) is 0 Å². The van der Waals surface area contributed by atoms with Gasteiger partial charge >= 0.3 is 5.97 Å². The van der Waals surface area contributed by atoms with E-state index >= 15 is 0 Å². The van der Waals surface area contributed by atoms with E-state index in [2.05, 4.69) is 15.1 Å². The fraction of sp³-hybridized carbons (Fsp3) is 0.333. The number of hydrogen-bond acceptors (Lipinski definition) is 4. The Hall–Kier alpha value is -1.59. The maximum Gasteiger partial charge on any atom is 0.385 e. The molecule has 5 nitrogen and oxygen atoms in total. The molecule has 1 aromatic rings. The monoisotopic (exact) mass is 174 g/mol. The van der Waals surface area contributed by atoms with Crippen LogP contribution in [0.5, 0.6) is 5.88 Å². The van der Waals surface area contributed by atoms with Crippen LogP contribution in [0.4, 0.5) is 4.53 Å². The zero-order chi connectivity index (χ0) is 8.97. The van der Waals surface area contributed by atoms with Crippen LogP contribution in [0.2, 0.25) is 0 Å². The molecule has 12 heavy (non-hydrogen) atoms. The molecule has 1 heterocycles. The van der Waals surface area contributed by atoms with Crippen LogP contribution in [0, 0.1) is 6.92 Å². The zero-order valence-corrected chi connectivity index (χ0v) is 6.33. The number of rotatable bonds is 3. The summed E-state index contributed by atoms with van der Waals surface area (Å²) in [7, 11) is 0. The second-order valence-electron chi connectivity index (χ2n) is 2.13. The van der Waals surface area contributed by atoms with E-state index in [-0.39, 0.29) is 5.88 Å². The molecule has 0 spiro atoms. The standard InChI is InChI=1S/C6H7FN2O3/c1-4-2-5(9-8-4)11-3-6(10)12-7/h2H,3H2,1H3,(H,8,9). The van der Waals surface area contributed by atoms with E-state index in [1.165, 1.54) is 0 Å². The SMILES string of the molecule is Cc1cc(OCC(=O)OF)n[nH]1. The minimum Gasteiger partial charge on any atom is -0.464 e. The van der Waals surface area contributed by atoms with Crippen molar-refractivity contribution >= 4 is 5.97 Å². The minimum absolute atomic E-state index is 0.234. The van der Waals surface area contributed by atoms with Crippen molar-refractivity contribution in [1.82, 2.24) is 10.2 Å². The number of nitrogens with one attached hydrogen (secondary N) is 1. The molecular formula is C6H7FN2O3. The highest BCUT2D eigenvalue weighted by Crippen LogP contribution is 2.06. The number of aromatic amines is 1. The van der Waals surface area contributed by atoms with E-state index in [4.69, 9.17) is 4.74 Å². The molecule has 1 rings (SSSR count). The predicted octanol–water partition coefficient (Wildman–Crippen LogP) is 0.525. The molecule has 0 amide bonds. The van der Waals surface area contributed by atoms with Gasteiger partial charge in [0, 0.05) is 16.3 Å². The number of carbonyl (C=O) groups excluding carboxylic acids is 1. The normalized spacial score (nSPS) is 9.50. The molecule has 1 aromatic heterocycles. The average molecular weight is 174 g/mol. The van der Waals surface area contributed by atoms with Crippen molar-refractivity contribution in [2.75, 3.05) is 6.61 Å². The Morgan fingerprint density at radius 3 is 3.08 bits per heavy atom. The summed E-state index contributed by atoms with van der Waals surface area (Å²) in [6, 6.07) is 1.57. The van der Waals surface area contributed by atoms with Crippen molar-refractivity contribution in [2.45, 2.75) is 6.92 Å². The molecule has 0 atom stereocenters. The lowest BCUT2D eigenvalue weighted by atomic mass is 10.5. The first kappa shape index (κ1) is 8.51. The summed E-state index contributed by atoms with van der Waals surface area (Å²) in [6.45, 7) is 1.29. The van der Waals surface area contributed by atoms with Crippen LogP contribution < -0.4 is 4.74 Å². The quantitative estimate of drug-likeness (QED) is 0.725. The topological polar surface area (TPSA) is 64.2 Å². The van der Waals surface area contributed by atoms with Crippen LogP contribution >= 0.6 is 0 Å². The van der Waals surface area contributed by atoms with Gasteiger partial charge in [0.15, 0.2) is 6.61 Å². The highest BCUT2D eigenvalue weighted by Gasteiger charge is 2.05. The van der Waals surface area contributed by atoms with Crippen LogP contribution in [-0.2, 0) is 9.74 Å². The molecule has 0 unspecified atom stereocenters. The first-order valence-electron chi connectivity index (χ1n) is 3.18. The summed E-state index contributed by atoms with van der Waals surface area (Å²) in [5.41, 5.74) is 0.790. The third-order valence-electron chi connectivity index (χ3n) is 1.11. The van der Waals surface area contributed by atoms with E-state index in [9.17, 15) is 9.32 Å². The van der Waals surface area contributed by atoms with E-state index < -0.39 is 12.6 Å². The Morgan fingerprint density at radius 1 is 1.83 bits per heavy atom. The van der Waals surface area contributed by atoms with Crippen molar-refractivity contribution in [3.63, 3.8) is 0 Å². The van der Waals surface area contributed by atoms with E-state index in [0.29, 0.717) is 0 Å². The van der Waals surface area contributed by atoms with E-state index in [1.807, 2.05) is 0 Å². The minimum atomic E-state index is -1.09. The highest BCUT2D eigenvalue weighted by molar-refractivity contribution is 5.70. The molecule has 0 saturated heterocycles. The van der Waals surface area contributed by atoms with Crippen molar-refractivity contribution in [3.8, 4) is 5.88 Å². The summed E-state index contributed by atoms with van der Waals surface area (Å²) < 4.78 is 15.9. The lowest BCUT2D eigenvalue weighted by molar-refractivity contribution is -0.186. The molecule has 1 N–H and O–H groups in total. The van der Waals surface area contributed by atoms with Crippen LogP contribution in [0.15, 0.2) is 6.07 Å². The molecular weight excluding hydrogens is 167 g/mol. The number of hydrogen-bond donors (Lipinski definition) is 1. The fourth-order valence-corrected chi connectivity index (χ4v) is 0.622. The van der Waals surface area contributed by atoms with Crippen molar-refractivity contribution in [2.24, 2.45) is 0 Å². The number of carbonyl (C=O) groups is 1. The lowest BCUT2D eigenvalue weighted by Gasteiger charge is -1.95. The summed E-state index contributed by atoms with van der Waals surface area (Å²) in [5, 5.41) is 6.23. The number of ether oxygens (including phenoxy) is 1. The highest BCUT2D eigenvalue weighted by atomic mass is 19.3. The number of halogens is 1. The third kappa shape index (κ3) is 2.22. The molecule has 0 fully saturated rings. The maximum atomic E-state index is 11.1. The fourth-order valence-electron chi connectivity index (χ4n) is 0.622. The first-order chi connectivity index (χ1) is 5.72. The van der Waals surface area contributed by atoms with Crippen molar-refractivity contribution in [1.29, 1.82) is 0 Å². The number of H-pyrrole nitrogens is 1. The van der Waals surface area contributed by atoms with Crippen LogP contribution in [-0.4, -0.2) is 22.8 Å². The Balaban J connectivity index is 2.38. The van der Waals surface area contributed by atoms with Gasteiger partial charge in [-0.05, 0) is 6.92 Å². The number of nitrogens with zero attached hydrogens (tertiary/aromatic N) is 1. The Morgan fingerprint density at radius 2 is 2.58 bits per heavy atom. The molecule has 0 aliphatic heterocycles. The third-order valence-corrected chi connectivity index (χ3v) is 1.11. The van der Waals surface area contributed by atoms with Gasteiger partial charge in [0.25, 0.3) is 0 Å². The van der Waals surface area contributed by atoms with Crippen molar-refractivity contribution < 1.29 is 19.0 Å². The second-order valence-corrected chi connectivity index (χ2v) is 2.13. The Kier molecular flexibility index (Phi) is 2.62. The number of aromatic nitrogens is 2. The maximum absolute atomic E-state index is 11.1. The Bertz CT molecular complexity index is 274. The van der Waals surface area contributed by atoms with Gasteiger partial charge < -0.3 is 4.74 Å². The van der Waals surface area contributed by atoms with Gasteiger partial charge in [-0.2, -0.15) is 0 Å². The van der Waals surface area contributed by atoms with E-state index in [1.54, 1.807) is 13.0 Å². The molecule has 6 heteroatoms. The van der Waals surface area contributed by atoms with E-state index in [0.717, 1.165) is 5.69 Å². The van der Waals surface area contributed by atoms with Crippen LogP contribution in [0.3, 0.4) is 0 Å². The van der Waals surface area contributed by atoms with Gasteiger partial charge in [-0.15, -0.1) is 5.10 Å². The smallest absolute Gasteiger partial charge is 0.385 e. The lowest BCUT2D eigenvalue weighted by Crippen LogP contribution is -2.11. The van der Waals surface area contributed by atoms with Crippen LogP contribution in [0.1, 0.15) is 5.69 Å². The van der Waals surface area contributed by atoms with Gasteiger partial charge in [-0.25, -0.2) is 4.79 Å². The summed E-state index contributed by atoms with van der Waals surface area (Å²) in [5.74, 6) is -0.853. The number of aryl methyl sites for hydroxylation is 1. The summed E-state index contributed by atoms with van der Waals surface area (Å²) >= 11 is 0. The van der Waals surface area contributed by atoms with Gasteiger partial charge in [-0.1, -0.05) is 0 Å². The molecule has 0 aliphatic carbocycles. The molecule has 0 saturated carbocycles. The Labute approximate surface area is 67.4 Å². The summed E-state index contributed by atoms with van der Waals surface area (Å²) in [4.78, 5) is 13.1. The van der Waals surface area contributed by atoms with Crippen molar-refractivity contribution in [3.05, 3.63) is 11.8 Å². The second kappa shape index (κ2) is 3.70. The summed E-state index contributed by atoms with van der Waals surface area (Å²) in [6.07, 6.45) is 0. The molecule has 0 aliphatic rings. The molecule has 0 radical (unpaired) electrons. The average Bonchev–Trinajstić information content (AvgIpc) is 2.47. The predicted molar refractivity (Wildman–Crippen MR) is 36.0 cm³/mol. The zero-order valence-electron chi connectivity index (χ0n) is 6.33.